The number of aromatic nitrogens is 1. The highest BCUT2D eigenvalue weighted by Gasteiger charge is 2.11. The molecule has 0 saturated heterocycles. The first-order chi connectivity index (χ1) is 8.61. The summed E-state index contributed by atoms with van der Waals surface area (Å²) >= 11 is 3.43. The van der Waals surface area contributed by atoms with Crippen LogP contribution in [-0.4, -0.2) is 17.4 Å². The summed E-state index contributed by atoms with van der Waals surface area (Å²) in [5, 5.41) is 3.78. The second-order valence-corrected chi connectivity index (χ2v) is 5.14. The highest BCUT2D eigenvalue weighted by atomic mass is 79.9. The first-order valence-electron chi connectivity index (χ1n) is 5.97. The molecule has 1 aromatic heterocycles. The lowest BCUT2D eigenvalue weighted by Gasteiger charge is -2.08. The number of aryl methyl sites for hydroxylation is 1. The molecule has 1 heterocycles. The largest absolute Gasteiger partial charge is 0.352 e. The summed E-state index contributed by atoms with van der Waals surface area (Å²) in [7, 11) is 0. The zero-order valence-corrected chi connectivity index (χ0v) is 12.0. The van der Waals surface area contributed by atoms with Gasteiger partial charge in [0.1, 0.15) is 0 Å². The van der Waals surface area contributed by atoms with E-state index in [2.05, 4.69) is 26.2 Å². The maximum atomic E-state index is 12.1. The molecule has 2 aromatic rings. The Morgan fingerprint density at radius 1 is 1.39 bits per heavy atom. The number of nitrogens with zero attached hydrogens (tertiary/aromatic N) is 1. The summed E-state index contributed by atoms with van der Waals surface area (Å²) in [5.41, 5.74) is 2.39. The molecule has 1 N–H and O–H groups in total. The molecular weight excluding hydrogens is 292 g/mol. The molecule has 0 saturated carbocycles. The summed E-state index contributed by atoms with van der Waals surface area (Å²) in [6.07, 6.45) is 0.928. The van der Waals surface area contributed by atoms with Crippen LogP contribution in [0.5, 0.6) is 0 Å². The van der Waals surface area contributed by atoms with Crippen molar-refractivity contribution >= 4 is 32.7 Å². The number of benzene rings is 1. The third-order valence-electron chi connectivity index (χ3n) is 2.68. The van der Waals surface area contributed by atoms with Crippen LogP contribution in [0.15, 0.2) is 28.7 Å². The predicted octanol–water partition coefficient (Wildman–Crippen LogP) is 3.45. The van der Waals surface area contributed by atoms with Gasteiger partial charge in [-0.1, -0.05) is 22.9 Å². The number of pyridine rings is 1. The minimum absolute atomic E-state index is 0.0366. The normalized spacial score (nSPS) is 10.6. The molecule has 3 nitrogen and oxygen atoms in total. The highest BCUT2D eigenvalue weighted by Crippen LogP contribution is 2.22. The van der Waals surface area contributed by atoms with Crippen LogP contribution in [0.3, 0.4) is 0 Å². The lowest BCUT2D eigenvalue weighted by molar-refractivity contribution is 0.0955. The molecule has 0 unspecified atom stereocenters. The molecule has 0 spiro atoms. The fourth-order valence-corrected chi connectivity index (χ4v) is 2.21. The quantitative estimate of drug-likeness (QED) is 0.943. The lowest BCUT2D eigenvalue weighted by atomic mass is 10.1. The van der Waals surface area contributed by atoms with Crippen molar-refractivity contribution in [2.75, 3.05) is 6.54 Å². The number of carbonyl (C=O) groups is 1. The first kappa shape index (κ1) is 13.0. The van der Waals surface area contributed by atoms with Crippen molar-refractivity contribution in [3.63, 3.8) is 0 Å². The van der Waals surface area contributed by atoms with Crippen LogP contribution >= 0.6 is 15.9 Å². The van der Waals surface area contributed by atoms with Gasteiger partial charge in [-0.05, 0) is 37.6 Å². The van der Waals surface area contributed by atoms with Crippen LogP contribution in [0, 0.1) is 6.92 Å². The molecule has 0 fully saturated rings. The van der Waals surface area contributed by atoms with Crippen LogP contribution in [0.4, 0.5) is 0 Å². The number of amides is 1. The summed E-state index contributed by atoms with van der Waals surface area (Å²) in [6.45, 7) is 4.63. The van der Waals surface area contributed by atoms with Gasteiger partial charge in [0.15, 0.2) is 0 Å². The number of carbonyl (C=O) groups excluding carboxylic acids is 1. The third kappa shape index (κ3) is 2.70. The third-order valence-corrected chi connectivity index (χ3v) is 3.17. The Balaban J connectivity index is 2.54. The Hall–Kier alpha value is -1.42. The molecule has 1 aromatic carbocycles. The lowest BCUT2D eigenvalue weighted by Crippen LogP contribution is -2.24. The Bertz CT molecular complexity index is 596. The molecule has 2 rings (SSSR count). The Morgan fingerprint density at radius 3 is 2.89 bits per heavy atom. The van der Waals surface area contributed by atoms with E-state index in [1.165, 1.54) is 0 Å². The molecule has 0 radical (unpaired) electrons. The molecule has 0 aliphatic heterocycles. The van der Waals surface area contributed by atoms with Crippen LogP contribution in [0.25, 0.3) is 10.9 Å². The number of fused-ring (bicyclic) bond motifs is 1. The summed E-state index contributed by atoms with van der Waals surface area (Å²) in [6, 6.07) is 7.62. The average molecular weight is 307 g/mol. The topological polar surface area (TPSA) is 42.0 Å². The molecule has 0 atom stereocenters. The van der Waals surface area contributed by atoms with Gasteiger partial charge in [-0.2, -0.15) is 0 Å². The molecule has 94 valence electrons. The van der Waals surface area contributed by atoms with Crippen molar-refractivity contribution in [2.24, 2.45) is 0 Å². The molecule has 18 heavy (non-hydrogen) atoms. The smallest absolute Gasteiger partial charge is 0.252 e. The summed E-state index contributed by atoms with van der Waals surface area (Å²) in [4.78, 5) is 16.6. The summed E-state index contributed by atoms with van der Waals surface area (Å²) in [5.74, 6) is -0.0366. The van der Waals surface area contributed by atoms with Gasteiger partial charge in [-0.25, -0.2) is 0 Å². The van der Waals surface area contributed by atoms with E-state index in [0.29, 0.717) is 12.1 Å². The van der Waals surface area contributed by atoms with Crippen LogP contribution in [0.2, 0.25) is 0 Å². The van der Waals surface area contributed by atoms with Crippen LogP contribution in [0.1, 0.15) is 29.4 Å². The Morgan fingerprint density at radius 2 is 2.17 bits per heavy atom. The first-order valence-corrected chi connectivity index (χ1v) is 6.76. The Kier molecular flexibility index (Phi) is 3.97. The fraction of sp³-hybridized carbons (Fsp3) is 0.286. The zero-order valence-electron chi connectivity index (χ0n) is 10.5. The molecule has 4 heteroatoms. The number of nitrogens with one attached hydrogen (secondary N) is 1. The van der Waals surface area contributed by atoms with E-state index in [9.17, 15) is 4.79 Å². The summed E-state index contributed by atoms with van der Waals surface area (Å²) < 4.78 is 0.949. The van der Waals surface area contributed by atoms with Crippen molar-refractivity contribution < 1.29 is 4.79 Å². The number of halogens is 1. The van der Waals surface area contributed by atoms with Crippen molar-refractivity contribution in [1.29, 1.82) is 0 Å². The van der Waals surface area contributed by atoms with E-state index < -0.39 is 0 Å². The average Bonchev–Trinajstić information content (AvgIpc) is 2.35. The highest BCUT2D eigenvalue weighted by molar-refractivity contribution is 9.10. The monoisotopic (exact) mass is 306 g/mol. The van der Waals surface area contributed by atoms with E-state index in [1.807, 2.05) is 38.1 Å². The maximum Gasteiger partial charge on any atom is 0.252 e. The van der Waals surface area contributed by atoms with Crippen molar-refractivity contribution in [2.45, 2.75) is 20.3 Å². The van der Waals surface area contributed by atoms with Crippen molar-refractivity contribution in [3.8, 4) is 0 Å². The SMILES string of the molecule is CCCNC(=O)c1cc(C)nc2ccc(Br)cc12. The van der Waals surface area contributed by atoms with E-state index in [4.69, 9.17) is 0 Å². The zero-order chi connectivity index (χ0) is 13.1. The van der Waals surface area contributed by atoms with E-state index in [0.717, 1.165) is 27.5 Å². The second-order valence-electron chi connectivity index (χ2n) is 4.23. The van der Waals surface area contributed by atoms with Crippen molar-refractivity contribution in [3.05, 3.63) is 40.0 Å². The molecule has 0 aliphatic carbocycles. The number of hydrogen-bond donors (Lipinski definition) is 1. The van der Waals surface area contributed by atoms with E-state index in [1.54, 1.807) is 0 Å². The maximum absolute atomic E-state index is 12.1. The second kappa shape index (κ2) is 5.48. The van der Waals surface area contributed by atoms with Gasteiger partial charge < -0.3 is 5.32 Å². The fourth-order valence-electron chi connectivity index (χ4n) is 1.85. The molecule has 1 amide bonds. The minimum atomic E-state index is -0.0366. The molecular formula is C14H15BrN2O. The van der Waals surface area contributed by atoms with Crippen LogP contribution < -0.4 is 5.32 Å². The Labute approximate surface area is 115 Å². The van der Waals surface area contributed by atoms with E-state index >= 15 is 0 Å². The van der Waals surface area contributed by atoms with Gasteiger partial charge in [-0.3, -0.25) is 9.78 Å². The van der Waals surface area contributed by atoms with Gasteiger partial charge in [0.05, 0.1) is 11.1 Å². The molecule has 0 bridgehead atoms. The van der Waals surface area contributed by atoms with Gasteiger partial charge in [-0.15, -0.1) is 0 Å². The minimum Gasteiger partial charge on any atom is -0.352 e. The standard InChI is InChI=1S/C14H15BrN2O/c1-3-6-16-14(18)12-7-9(2)17-13-5-4-10(15)8-11(12)13/h4-5,7-8H,3,6H2,1-2H3,(H,16,18). The van der Waals surface area contributed by atoms with E-state index in [-0.39, 0.29) is 5.91 Å². The van der Waals surface area contributed by atoms with Gasteiger partial charge in [0.2, 0.25) is 0 Å². The number of hydrogen-bond acceptors (Lipinski definition) is 2. The van der Waals surface area contributed by atoms with Crippen LogP contribution in [-0.2, 0) is 0 Å². The van der Waals surface area contributed by atoms with Gasteiger partial charge in [0.25, 0.3) is 5.91 Å². The van der Waals surface area contributed by atoms with Gasteiger partial charge in [0, 0.05) is 22.1 Å². The van der Waals surface area contributed by atoms with Gasteiger partial charge >= 0.3 is 0 Å². The predicted molar refractivity (Wildman–Crippen MR) is 76.8 cm³/mol. The van der Waals surface area contributed by atoms with Crippen molar-refractivity contribution in [1.82, 2.24) is 10.3 Å². The number of rotatable bonds is 3. The molecule has 0 aliphatic rings.